The van der Waals surface area contributed by atoms with E-state index in [1.54, 1.807) is 0 Å². The molecule has 1 unspecified atom stereocenters. The SMILES string of the molecule is CCNCCCC1Cc2ccccc2N(c2ccccc2)S1(=O)=O.O=C(O)C(F)(F)F. The fourth-order valence-corrected chi connectivity index (χ4v) is 5.27. The van der Waals surface area contributed by atoms with Crippen molar-refractivity contribution < 1.29 is 31.5 Å². The lowest BCUT2D eigenvalue weighted by molar-refractivity contribution is -0.192. The molecule has 0 saturated heterocycles. The van der Waals surface area contributed by atoms with Crippen LogP contribution in [0.3, 0.4) is 0 Å². The maximum absolute atomic E-state index is 13.2. The van der Waals surface area contributed by atoms with Crippen LogP contribution in [0.15, 0.2) is 54.6 Å². The van der Waals surface area contributed by atoms with E-state index in [9.17, 15) is 21.6 Å². The van der Waals surface area contributed by atoms with Gasteiger partial charge in [-0.15, -0.1) is 0 Å². The van der Waals surface area contributed by atoms with Crippen LogP contribution in [-0.2, 0) is 21.2 Å². The van der Waals surface area contributed by atoms with E-state index in [-0.39, 0.29) is 5.25 Å². The van der Waals surface area contributed by atoms with Crippen molar-refractivity contribution in [3.8, 4) is 0 Å². The third kappa shape index (κ3) is 6.44. The van der Waals surface area contributed by atoms with Crippen LogP contribution in [0.4, 0.5) is 24.5 Å². The predicted octanol–water partition coefficient (Wildman–Crippen LogP) is 4.10. The third-order valence-electron chi connectivity index (χ3n) is 4.70. The van der Waals surface area contributed by atoms with Crippen LogP contribution in [0, 0.1) is 0 Å². The Kier molecular flexibility index (Phi) is 8.46. The number of nitrogens with zero attached hydrogens (tertiary/aromatic N) is 1. The van der Waals surface area contributed by atoms with Crippen molar-refractivity contribution in [1.29, 1.82) is 0 Å². The summed E-state index contributed by atoms with van der Waals surface area (Å²) in [7, 11) is -3.41. The van der Waals surface area contributed by atoms with Gasteiger partial charge >= 0.3 is 12.1 Å². The molecule has 3 rings (SSSR count). The Balaban J connectivity index is 0.000000423. The Labute approximate surface area is 179 Å². The fraction of sp³-hybridized carbons (Fsp3) is 0.381. The van der Waals surface area contributed by atoms with Crippen LogP contribution in [0.5, 0.6) is 0 Å². The molecule has 1 heterocycles. The van der Waals surface area contributed by atoms with E-state index < -0.39 is 22.2 Å². The molecule has 10 heteroatoms. The van der Waals surface area contributed by atoms with Gasteiger partial charge in [0.25, 0.3) is 0 Å². The molecule has 1 aliphatic rings. The van der Waals surface area contributed by atoms with E-state index in [0.29, 0.717) is 18.5 Å². The van der Waals surface area contributed by atoms with Gasteiger partial charge in [0.05, 0.1) is 16.6 Å². The Morgan fingerprint density at radius 2 is 1.71 bits per heavy atom. The number of carboxylic acid groups (broad SMARTS) is 1. The molecule has 2 N–H and O–H groups in total. The van der Waals surface area contributed by atoms with Crippen LogP contribution in [0.2, 0.25) is 0 Å². The number of carbonyl (C=O) groups is 1. The van der Waals surface area contributed by atoms with E-state index >= 15 is 0 Å². The number of sulfonamides is 1. The summed E-state index contributed by atoms with van der Waals surface area (Å²) in [6.07, 6.45) is -2.95. The minimum atomic E-state index is -5.08. The number of hydrogen-bond acceptors (Lipinski definition) is 4. The van der Waals surface area contributed by atoms with Gasteiger partial charge < -0.3 is 10.4 Å². The first-order valence-electron chi connectivity index (χ1n) is 9.77. The van der Waals surface area contributed by atoms with E-state index in [0.717, 1.165) is 30.8 Å². The normalized spacial score (nSPS) is 17.3. The fourth-order valence-electron chi connectivity index (χ4n) is 3.25. The monoisotopic (exact) mass is 458 g/mol. The zero-order valence-corrected chi connectivity index (χ0v) is 17.8. The molecule has 0 spiro atoms. The van der Waals surface area contributed by atoms with Gasteiger partial charge in [-0.05, 0) is 56.1 Å². The number of halogens is 3. The van der Waals surface area contributed by atoms with Gasteiger partial charge in [-0.25, -0.2) is 17.5 Å². The summed E-state index contributed by atoms with van der Waals surface area (Å²) in [5, 5.41) is 10.0. The number of carboxylic acids is 1. The number of nitrogens with one attached hydrogen (secondary N) is 1. The van der Waals surface area contributed by atoms with Gasteiger partial charge in [0.15, 0.2) is 0 Å². The summed E-state index contributed by atoms with van der Waals surface area (Å²) in [5.74, 6) is -2.76. The first kappa shape index (κ1) is 24.7. The van der Waals surface area contributed by atoms with Crippen LogP contribution in [0.1, 0.15) is 25.3 Å². The molecule has 0 aliphatic carbocycles. The average molecular weight is 459 g/mol. The van der Waals surface area contributed by atoms with Crippen LogP contribution in [-0.4, -0.2) is 44.0 Å². The van der Waals surface area contributed by atoms with Gasteiger partial charge in [0.1, 0.15) is 0 Å². The predicted molar refractivity (Wildman–Crippen MR) is 113 cm³/mol. The minimum absolute atomic E-state index is 0.369. The Hall–Kier alpha value is -2.59. The highest BCUT2D eigenvalue weighted by Crippen LogP contribution is 2.39. The molecule has 0 aromatic heterocycles. The Morgan fingerprint density at radius 3 is 2.29 bits per heavy atom. The zero-order chi connectivity index (χ0) is 23.1. The van der Waals surface area contributed by atoms with E-state index in [2.05, 4.69) is 12.2 Å². The van der Waals surface area contributed by atoms with E-state index in [1.807, 2.05) is 54.6 Å². The quantitative estimate of drug-likeness (QED) is 0.637. The highest BCUT2D eigenvalue weighted by molar-refractivity contribution is 7.93. The smallest absolute Gasteiger partial charge is 0.475 e. The summed E-state index contributed by atoms with van der Waals surface area (Å²) in [4.78, 5) is 8.90. The summed E-state index contributed by atoms with van der Waals surface area (Å²) < 4.78 is 59.8. The number of fused-ring (bicyclic) bond motifs is 1. The molecular formula is C21H25F3N2O4S. The van der Waals surface area contributed by atoms with Crippen molar-refractivity contribution in [3.63, 3.8) is 0 Å². The molecule has 6 nitrogen and oxygen atoms in total. The second-order valence-corrected chi connectivity index (χ2v) is 8.96. The highest BCUT2D eigenvalue weighted by atomic mass is 32.2. The van der Waals surface area contributed by atoms with Gasteiger partial charge in [0.2, 0.25) is 10.0 Å². The van der Waals surface area contributed by atoms with Gasteiger partial charge in [-0.3, -0.25) is 0 Å². The summed E-state index contributed by atoms with van der Waals surface area (Å²) in [5.41, 5.74) is 2.59. The number of hydrogen-bond donors (Lipinski definition) is 2. The van der Waals surface area contributed by atoms with Gasteiger partial charge in [-0.2, -0.15) is 13.2 Å². The standard InChI is InChI=1S/C19H24N2O2S.C2HF3O2/c1-2-20-14-8-12-18-15-16-9-6-7-13-19(16)21(24(18,22)23)17-10-4-3-5-11-17;3-2(4,5)1(6)7/h3-7,9-11,13,18,20H,2,8,12,14-15H2,1H3;(H,6,7). The van der Waals surface area contributed by atoms with Crippen molar-refractivity contribution in [2.75, 3.05) is 17.4 Å². The first-order chi connectivity index (χ1) is 14.6. The largest absolute Gasteiger partial charge is 0.490 e. The molecule has 0 bridgehead atoms. The van der Waals surface area contributed by atoms with Crippen molar-refractivity contribution in [1.82, 2.24) is 5.32 Å². The molecule has 1 aliphatic heterocycles. The zero-order valence-electron chi connectivity index (χ0n) is 17.0. The first-order valence-corrected chi connectivity index (χ1v) is 11.3. The molecule has 1 atom stereocenters. The molecule has 2 aromatic rings. The molecule has 0 fully saturated rings. The van der Waals surface area contributed by atoms with E-state index in [4.69, 9.17) is 9.90 Å². The topological polar surface area (TPSA) is 86.7 Å². The summed E-state index contributed by atoms with van der Waals surface area (Å²) in [6, 6.07) is 17.2. The van der Waals surface area contributed by atoms with Gasteiger partial charge in [-0.1, -0.05) is 43.3 Å². The lowest BCUT2D eigenvalue weighted by atomic mass is 10.0. The molecule has 170 valence electrons. The Morgan fingerprint density at radius 1 is 1.13 bits per heavy atom. The number of anilines is 2. The number of aliphatic carboxylic acids is 1. The molecule has 0 saturated carbocycles. The van der Waals surface area contributed by atoms with Crippen molar-refractivity contribution in [2.45, 2.75) is 37.6 Å². The average Bonchev–Trinajstić information content (AvgIpc) is 2.71. The number of alkyl halides is 3. The maximum atomic E-state index is 13.2. The molecule has 31 heavy (non-hydrogen) atoms. The number of benzene rings is 2. The molecule has 0 radical (unpaired) electrons. The van der Waals surface area contributed by atoms with E-state index in [1.165, 1.54) is 4.31 Å². The van der Waals surface area contributed by atoms with Crippen LogP contribution < -0.4 is 9.62 Å². The van der Waals surface area contributed by atoms with Crippen LogP contribution >= 0.6 is 0 Å². The van der Waals surface area contributed by atoms with Gasteiger partial charge in [0, 0.05) is 0 Å². The van der Waals surface area contributed by atoms with Crippen LogP contribution in [0.25, 0.3) is 0 Å². The summed E-state index contributed by atoms with van der Waals surface area (Å²) >= 11 is 0. The second kappa shape index (κ2) is 10.6. The van der Waals surface area contributed by atoms with Crippen molar-refractivity contribution >= 4 is 27.4 Å². The second-order valence-electron chi connectivity index (χ2n) is 6.90. The Bertz CT molecular complexity index is 966. The number of rotatable bonds is 6. The maximum Gasteiger partial charge on any atom is 0.490 e. The third-order valence-corrected chi connectivity index (χ3v) is 6.86. The lowest BCUT2D eigenvalue weighted by Gasteiger charge is -2.35. The summed E-state index contributed by atoms with van der Waals surface area (Å²) in [6.45, 7) is 3.83. The number of para-hydroxylation sites is 2. The van der Waals surface area contributed by atoms with Crippen molar-refractivity contribution in [2.24, 2.45) is 0 Å². The minimum Gasteiger partial charge on any atom is -0.475 e. The highest BCUT2D eigenvalue weighted by Gasteiger charge is 2.39. The lowest BCUT2D eigenvalue weighted by Crippen LogP contribution is -2.41. The van der Waals surface area contributed by atoms with Crippen molar-refractivity contribution in [3.05, 3.63) is 60.2 Å². The molecule has 2 aromatic carbocycles. The molecular weight excluding hydrogens is 433 g/mol. The molecule has 0 amide bonds.